The summed E-state index contributed by atoms with van der Waals surface area (Å²) in [6, 6.07) is 0. The van der Waals surface area contributed by atoms with E-state index < -0.39 is 5.97 Å². The Morgan fingerprint density at radius 3 is 2.85 bits per heavy atom. The number of hydrogen-bond donors (Lipinski definition) is 2. The number of nitrogens with one attached hydrogen (secondary N) is 1. The van der Waals surface area contributed by atoms with Crippen molar-refractivity contribution < 1.29 is 24.2 Å². The van der Waals surface area contributed by atoms with Gasteiger partial charge in [0.05, 0.1) is 38.5 Å². The predicted octanol–water partition coefficient (Wildman–Crippen LogP) is 0.415. The van der Waals surface area contributed by atoms with Gasteiger partial charge < -0.3 is 19.9 Å². The fourth-order valence-electron chi connectivity index (χ4n) is 3.87. The second-order valence-electron chi connectivity index (χ2n) is 7.84. The molecule has 2 N–H and O–H groups in total. The lowest BCUT2D eigenvalue weighted by atomic mass is 9.88. The van der Waals surface area contributed by atoms with E-state index in [1.807, 2.05) is 0 Å². The maximum atomic E-state index is 12.2. The average molecular weight is 386 g/mol. The minimum atomic E-state index is -0.852. The third-order valence-electron chi connectivity index (χ3n) is 5.30. The summed E-state index contributed by atoms with van der Waals surface area (Å²) in [6.45, 7) is 6.10. The first-order valence-electron chi connectivity index (χ1n) is 10.1. The van der Waals surface area contributed by atoms with E-state index in [1.165, 1.54) is 19.3 Å². The molecule has 0 radical (unpaired) electrons. The van der Waals surface area contributed by atoms with Gasteiger partial charge in [-0.25, -0.2) is 0 Å². The third-order valence-corrected chi connectivity index (χ3v) is 5.30. The smallest absolute Gasteiger partial charge is 0.317 e. The Morgan fingerprint density at radius 2 is 2.11 bits per heavy atom. The van der Waals surface area contributed by atoms with Crippen LogP contribution in [0.2, 0.25) is 0 Å². The Kier molecular flexibility index (Phi) is 9.47. The largest absolute Gasteiger partial charge is 0.480 e. The summed E-state index contributed by atoms with van der Waals surface area (Å²) in [5, 5.41) is 11.8. The molecule has 0 bridgehead atoms. The average Bonchev–Trinajstić information content (AvgIpc) is 2.59. The van der Waals surface area contributed by atoms with Crippen LogP contribution in [-0.4, -0.2) is 98.5 Å². The second-order valence-corrected chi connectivity index (χ2v) is 7.84. The van der Waals surface area contributed by atoms with Crippen LogP contribution in [0.3, 0.4) is 0 Å². The van der Waals surface area contributed by atoms with Gasteiger partial charge in [0.2, 0.25) is 5.91 Å². The maximum Gasteiger partial charge on any atom is 0.317 e. The number of hydrogen-bond acceptors (Lipinski definition) is 6. The lowest BCUT2D eigenvalue weighted by Gasteiger charge is -2.34. The van der Waals surface area contributed by atoms with E-state index >= 15 is 0 Å². The lowest BCUT2D eigenvalue weighted by Crippen LogP contribution is -2.50. The molecule has 1 heterocycles. The predicted molar refractivity (Wildman–Crippen MR) is 102 cm³/mol. The highest BCUT2D eigenvalue weighted by Crippen LogP contribution is 2.25. The van der Waals surface area contributed by atoms with Gasteiger partial charge in [-0.3, -0.25) is 19.4 Å². The van der Waals surface area contributed by atoms with E-state index in [0.717, 1.165) is 6.42 Å². The van der Waals surface area contributed by atoms with Gasteiger partial charge in [0.15, 0.2) is 0 Å². The van der Waals surface area contributed by atoms with Crippen molar-refractivity contribution in [2.24, 2.45) is 5.92 Å². The molecule has 8 nitrogen and oxygen atoms in total. The minimum Gasteiger partial charge on any atom is -0.480 e. The number of rotatable bonds is 10. The van der Waals surface area contributed by atoms with Crippen molar-refractivity contribution in [1.29, 1.82) is 0 Å². The molecule has 1 saturated carbocycles. The molecule has 2 fully saturated rings. The number of nitrogens with zero attached hydrogens (tertiary/aromatic N) is 2. The number of aliphatic carboxylic acids is 1. The van der Waals surface area contributed by atoms with Crippen LogP contribution in [0.15, 0.2) is 0 Å². The molecule has 0 spiro atoms. The first-order chi connectivity index (χ1) is 12.9. The molecule has 8 heteroatoms. The first-order valence-corrected chi connectivity index (χ1v) is 10.1. The molecule has 3 unspecified atom stereocenters. The number of likely N-dealkylation sites (N-methyl/N-ethyl adjacent to an activating group) is 1. The number of carbonyl (C=O) groups excluding carboxylic acids is 1. The number of amides is 1. The van der Waals surface area contributed by atoms with Crippen LogP contribution in [0.25, 0.3) is 0 Å². The van der Waals surface area contributed by atoms with Gasteiger partial charge in [0, 0.05) is 26.2 Å². The topological polar surface area (TPSA) is 91.3 Å². The zero-order chi connectivity index (χ0) is 19.6. The van der Waals surface area contributed by atoms with Gasteiger partial charge in [-0.2, -0.15) is 0 Å². The Morgan fingerprint density at radius 1 is 1.33 bits per heavy atom. The van der Waals surface area contributed by atoms with E-state index in [1.54, 1.807) is 11.9 Å². The van der Waals surface area contributed by atoms with Crippen LogP contribution < -0.4 is 5.32 Å². The van der Waals surface area contributed by atoms with Crippen molar-refractivity contribution in [3.05, 3.63) is 0 Å². The molecule has 0 aromatic rings. The van der Waals surface area contributed by atoms with Crippen molar-refractivity contribution in [3.8, 4) is 0 Å². The molecule has 1 amide bonds. The molecule has 27 heavy (non-hydrogen) atoms. The van der Waals surface area contributed by atoms with E-state index in [2.05, 4.69) is 17.1 Å². The SMILES string of the molecule is CC1CCCCC1OCCNC(=O)CN1CCOC(CN(C)CC(=O)O)C1. The Bertz CT molecular complexity index is 476. The Balaban J connectivity index is 1.59. The summed E-state index contributed by atoms with van der Waals surface area (Å²) < 4.78 is 11.6. The van der Waals surface area contributed by atoms with E-state index in [4.69, 9.17) is 14.6 Å². The number of carboxylic acids is 1. The quantitative estimate of drug-likeness (QED) is 0.527. The van der Waals surface area contributed by atoms with Crippen LogP contribution in [0.1, 0.15) is 32.6 Å². The van der Waals surface area contributed by atoms with Gasteiger partial charge in [0.1, 0.15) is 0 Å². The molecule has 1 aliphatic heterocycles. The number of ether oxygens (including phenoxy) is 2. The van der Waals surface area contributed by atoms with Crippen LogP contribution in [0, 0.1) is 5.92 Å². The van der Waals surface area contributed by atoms with Crippen molar-refractivity contribution in [2.75, 3.05) is 59.5 Å². The van der Waals surface area contributed by atoms with Crippen molar-refractivity contribution in [2.45, 2.75) is 44.8 Å². The summed E-state index contributed by atoms with van der Waals surface area (Å²) in [4.78, 5) is 26.7. The zero-order valence-electron chi connectivity index (χ0n) is 16.7. The summed E-state index contributed by atoms with van der Waals surface area (Å²) in [7, 11) is 1.76. The summed E-state index contributed by atoms with van der Waals surface area (Å²) in [6.07, 6.45) is 5.15. The fraction of sp³-hybridized carbons (Fsp3) is 0.895. The normalized spacial score (nSPS) is 26.9. The molecule has 1 aliphatic carbocycles. The van der Waals surface area contributed by atoms with E-state index in [0.29, 0.717) is 58.0 Å². The van der Waals surface area contributed by atoms with Crippen LogP contribution in [0.4, 0.5) is 0 Å². The lowest BCUT2D eigenvalue weighted by molar-refractivity contribution is -0.138. The second kappa shape index (κ2) is 11.6. The van der Waals surface area contributed by atoms with Crippen molar-refractivity contribution in [3.63, 3.8) is 0 Å². The fourth-order valence-corrected chi connectivity index (χ4v) is 3.87. The molecule has 0 aromatic carbocycles. The van der Waals surface area contributed by atoms with Crippen LogP contribution in [0.5, 0.6) is 0 Å². The monoisotopic (exact) mass is 385 g/mol. The Labute approximate surface area is 162 Å². The molecule has 156 valence electrons. The summed E-state index contributed by atoms with van der Waals surface area (Å²) in [5.74, 6) is -0.247. The minimum absolute atomic E-state index is 0.00478. The number of carboxylic acid groups (broad SMARTS) is 1. The first kappa shape index (κ1) is 22.1. The molecule has 1 saturated heterocycles. The molecule has 3 atom stereocenters. The van der Waals surface area contributed by atoms with Crippen LogP contribution in [-0.2, 0) is 19.1 Å². The highest BCUT2D eigenvalue weighted by molar-refractivity contribution is 5.78. The highest BCUT2D eigenvalue weighted by atomic mass is 16.5. The van der Waals surface area contributed by atoms with Gasteiger partial charge >= 0.3 is 5.97 Å². The van der Waals surface area contributed by atoms with Gasteiger partial charge in [0.25, 0.3) is 0 Å². The summed E-state index contributed by atoms with van der Waals surface area (Å²) >= 11 is 0. The molecular formula is C19H35N3O5. The zero-order valence-corrected chi connectivity index (χ0v) is 16.7. The Hall–Kier alpha value is -1.22. The van der Waals surface area contributed by atoms with Gasteiger partial charge in [-0.05, 0) is 25.8 Å². The number of carbonyl (C=O) groups is 2. The van der Waals surface area contributed by atoms with Crippen molar-refractivity contribution >= 4 is 11.9 Å². The van der Waals surface area contributed by atoms with E-state index in [9.17, 15) is 9.59 Å². The van der Waals surface area contributed by atoms with Crippen molar-refractivity contribution in [1.82, 2.24) is 15.1 Å². The van der Waals surface area contributed by atoms with E-state index in [-0.39, 0.29) is 18.6 Å². The molecule has 0 aromatic heterocycles. The highest BCUT2D eigenvalue weighted by Gasteiger charge is 2.24. The van der Waals surface area contributed by atoms with Gasteiger partial charge in [-0.15, -0.1) is 0 Å². The van der Waals surface area contributed by atoms with Crippen LogP contribution >= 0.6 is 0 Å². The maximum absolute atomic E-state index is 12.2. The number of morpholine rings is 1. The molecule has 2 rings (SSSR count). The standard InChI is InChI=1S/C19H35N3O5/c1-15-5-3-4-6-17(15)27-9-7-20-18(23)13-22-8-10-26-16(12-22)11-21(2)14-19(24)25/h15-17H,3-14H2,1-2H3,(H,20,23)(H,24,25). The third kappa shape index (κ3) is 8.55. The molecule has 2 aliphatic rings. The molecular weight excluding hydrogens is 350 g/mol. The summed E-state index contributed by atoms with van der Waals surface area (Å²) in [5.41, 5.74) is 0. The van der Waals surface area contributed by atoms with Gasteiger partial charge in [-0.1, -0.05) is 19.8 Å².